The first-order valence-corrected chi connectivity index (χ1v) is 5.32. The van der Waals surface area contributed by atoms with E-state index in [4.69, 9.17) is 10.8 Å². The number of carboxylic acid groups (broad SMARTS) is 1. The molecule has 0 heterocycles. The predicted molar refractivity (Wildman–Crippen MR) is 62.8 cm³/mol. The van der Waals surface area contributed by atoms with Gasteiger partial charge in [-0.3, -0.25) is 0 Å². The maximum absolute atomic E-state index is 12.1. The van der Waals surface area contributed by atoms with E-state index in [1.165, 1.54) is 12.1 Å². The normalized spacial score (nSPS) is 11.8. The molecule has 0 aromatic heterocycles. The molecule has 0 atom stereocenters. The van der Waals surface area contributed by atoms with E-state index in [2.05, 4.69) is 4.74 Å². The first-order valence-electron chi connectivity index (χ1n) is 5.32. The third-order valence-electron chi connectivity index (χ3n) is 2.05. The summed E-state index contributed by atoms with van der Waals surface area (Å²) < 4.78 is 40.0. The van der Waals surface area contributed by atoms with E-state index < -0.39 is 18.1 Å². The highest BCUT2D eigenvalue weighted by molar-refractivity contribution is 5.89. The average molecular weight is 275 g/mol. The number of benzene rings is 1. The van der Waals surface area contributed by atoms with Crippen molar-refractivity contribution in [1.82, 2.24) is 0 Å². The molecule has 4 nitrogen and oxygen atoms in total. The fraction of sp³-hybridized carbons (Fsp3) is 0.250. The number of alkyl halides is 3. The number of carbonyl (C=O) groups is 1. The first kappa shape index (κ1) is 15.0. The topological polar surface area (TPSA) is 72.5 Å². The maximum Gasteiger partial charge on any atom is 0.573 e. The van der Waals surface area contributed by atoms with Crippen LogP contribution in [-0.2, 0) is 0 Å². The monoisotopic (exact) mass is 275 g/mol. The lowest BCUT2D eigenvalue weighted by atomic mass is 10.1. The summed E-state index contributed by atoms with van der Waals surface area (Å²) in [6.45, 7) is 0.390. The van der Waals surface area contributed by atoms with E-state index in [0.29, 0.717) is 18.5 Å². The Balaban J connectivity index is 3.07. The second-order valence-corrected chi connectivity index (χ2v) is 3.62. The number of rotatable bonds is 5. The average Bonchev–Trinajstić information content (AvgIpc) is 2.26. The van der Waals surface area contributed by atoms with Crippen LogP contribution < -0.4 is 10.5 Å². The van der Waals surface area contributed by atoms with Gasteiger partial charge >= 0.3 is 12.3 Å². The van der Waals surface area contributed by atoms with E-state index in [-0.39, 0.29) is 5.56 Å². The van der Waals surface area contributed by atoms with Crippen LogP contribution >= 0.6 is 0 Å². The Morgan fingerprint density at radius 3 is 2.58 bits per heavy atom. The molecule has 1 rings (SSSR count). The van der Waals surface area contributed by atoms with Crippen LogP contribution in [0.25, 0.3) is 6.08 Å². The van der Waals surface area contributed by atoms with Crippen molar-refractivity contribution in [3.05, 3.63) is 35.4 Å². The van der Waals surface area contributed by atoms with E-state index >= 15 is 0 Å². The molecular weight excluding hydrogens is 263 g/mol. The molecule has 0 saturated heterocycles. The van der Waals surface area contributed by atoms with Crippen molar-refractivity contribution in [2.24, 2.45) is 5.73 Å². The van der Waals surface area contributed by atoms with Gasteiger partial charge in [-0.15, -0.1) is 13.2 Å². The van der Waals surface area contributed by atoms with E-state index in [0.717, 1.165) is 12.1 Å². The van der Waals surface area contributed by atoms with Gasteiger partial charge in [0.15, 0.2) is 0 Å². The van der Waals surface area contributed by atoms with Crippen molar-refractivity contribution in [3.8, 4) is 5.75 Å². The molecule has 3 N–H and O–H groups in total. The number of aromatic carboxylic acids is 1. The molecule has 0 amide bonds. The number of halogens is 3. The maximum atomic E-state index is 12.1. The molecular formula is C12H12F3NO3. The van der Waals surface area contributed by atoms with Crippen molar-refractivity contribution in [1.29, 1.82) is 0 Å². The molecule has 19 heavy (non-hydrogen) atoms. The predicted octanol–water partition coefficient (Wildman–Crippen LogP) is 2.65. The molecule has 1 aromatic carbocycles. The summed E-state index contributed by atoms with van der Waals surface area (Å²) in [6, 6.07) is 3.17. The Morgan fingerprint density at radius 1 is 1.37 bits per heavy atom. The lowest BCUT2D eigenvalue weighted by Gasteiger charge is -2.10. The molecule has 0 bridgehead atoms. The second-order valence-electron chi connectivity index (χ2n) is 3.62. The van der Waals surface area contributed by atoms with Gasteiger partial charge in [0.1, 0.15) is 5.75 Å². The van der Waals surface area contributed by atoms with Crippen LogP contribution in [0.4, 0.5) is 13.2 Å². The molecule has 0 radical (unpaired) electrons. The van der Waals surface area contributed by atoms with Gasteiger partial charge in [0.25, 0.3) is 0 Å². The van der Waals surface area contributed by atoms with Crippen LogP contribution in [0.1, 0.15) is 22.3 Å². The number of ether oxygens (including phenoxy) is 1. The van der Waals surface area contributed by atoms with Gasteiger partial charge in [0, 0.05) is 0 Å². The van der Waals surface area contributed by atoms with Crippen LogP contribution in [0, 0.1) is 0 Å². The van der Waals surface area contributed by atoms with E-state index in [9.17, 15) is 18.0 Å². The third-order valence-corrected chi connectivity index (χ3v) is 2.05. The first-order chi connectivity index (χ1) is 8.81. The van der Waals surface area contributed by atoms with Gasteiger partial charge in [0.05, 0.1) is 5.56 Å². The fourth-order valence-corrected chi connectivity index (χ4v) is 1.35. The molecule has 0 aliphatic heterocycles. The Morgan fingerprint density at radius 2 is 2.05 bits per heavy atom. The van der Waals surface area contributed by atoms with Crippen molar-refractivity contribution in [3.63, 3.8) is 0 Å². The molecule has 0 saturated carbocycles. The third kappa shape index (κ3) is 5.43. The summed E-state index contributed by atoms with van der Waals surface area (Å²) in [4.78, 5) is 10.8. The van der Waals surface area contributed by atoms with Crippen molar-refractivity contribution < 1.29 is 27.8 Å². The van der Waals surface area contributed by atoms with Gasteiger partial charge < -0.3 is 15.6 Å². The molecule has 0 fully saturated rings. The van der Waals surface area contributed by atoms with Gasteiger partial charge in [-0.2, -0.15) is 0 Å². The lowest BCUT2D eigenvalue weighted by molar-refractivity contribution is -0.274. The number of hydrogen-bond acceptors (Lipinski definition) is 3. The standard InChI is InChI=1S/C12H12F3NO3/c13-12(14,15)19-10-6-8(3-1-2-4-16)5-9(7-10)11(17)18/h1,3,5-7H,2,4,16H2,(H,17,18). The summed E-state index contributed by atoms with van der Waals surface area (Å²) in [6.07, 6.45) is -1.21. The van der Waals surface area contributed by atoms with Crippen LogP contribution in [-0.4, -0.2) is 24.0 Å². The fourth-order valence-electron chi connectivity index (χ4n) is 1.35. The highest BCUT2D eigenvalue weighted by atomic mass is 19.4. The molecule has 7 heteroatoms. The molecule has 1 aromatic rings. The number of carboxylic acids is 1. The highest BCUT2D eigenvalue weighted by Gasteiger charge is 2.31. The minimum absolute atomic E-state index is 0.283. The summed E-state index contributed by atoms with van der Waals surface area (Å²) in [7, 11) is 0. The smallest absolute Gasteiger partial charge is 0.478 e. The molecule has 0 aliphatic rings. The largest absolute Gasteiger partial charge is 0.573 e. The van der Waals surface area contributed by atoms with E-state index in [1.807, 2.05) is 0 Å². The summed E-state index contributed by atoms with van der Waals surface area (Å²) >= 11 is 0. The minimum Gasteiger partial charge on any atom is -0.478 e. The zero-order valence-electron chi connectivity index (χ0n) is 9.78. The summed E-state index contributed by atoms with van der Waals surface area (Å²) in [5.41, 5.74) is 5.28. The Kier molecular flexibility index (Phi) is 4.94. The number of nitrogens with two attached hydrogens (primary N) is 1. The molecule has 0 unspecified atom stereocenters. The summed E-state index contributed by atoms with van der Waals surface area (Å²) in [5, 5.41) is 8.82. The van der Waals surface area contributed by atoms with Crippen molar-refractivity contribution in [2.45, 2.75) is 12.8 Å². The van der Waals surface area contributed by atoms with Crippen LogP contribution in [0.15, 0.2) is 24.3 Å². The Labute approximate surface area is 107 Å². The van der Waals surface area contributed by atoms with E-state index in [1.54, 1.807) is 6.08 Å². The second kappa shape index (κ2) is 6.24. The van der Waals surface area contributed by atoms with Crippen LogP contribution in [0.5, 0.6) is 5.75 Å². The lowest BCUT2D eigenvalue weighted by Crippen LogP contribution is -2.17. The highest BCUT2D eigenvalue weighted by Crippen LogP contribution is 2.25. The quantitative estimate of drug-likeness (QED) is 0.866. The Hall–Kier alpha value is -2.02. The molecule has 0 spiro atoms. The van der Waals surface area contributed by atoms with Crippen molar-refractivity contribution in [2.75, 3.05) is 6.54 Å². The van der Waals surface area contributed by atoms with Crippen molar-refractivity contribution >= 4 is 12.0 Å². The van der Waals surface area contributed by atoms with Gasteiger partial charge in [0.2, 0.25) is 0 Å². The zero-order valence-corrected chi connectivity index (χ0v) is 9.78. The van der Waals surface area contributed by atoms with Crippen LogP contribution in [0.2, 0.25) is 0 Å². The van der Waals surface area contributed by atoms with Gasteiger partial charge in [-0.1, -0.05) is 12.2 Å². The summed E-state index contributed by atoms with van der Waals surface area (Å²) in [5.74, 6) is -1.90. The van der Waals surface area contributed by atoms with Crippen LogP contribution in [0.3, 0.4) is 0 Å². The van der Waals surface area contributed by atoms with Gasteiger partial charge in [-0.05, 0) is 36.7 Å². The van der Waals surface area contributed by atoms with Gasteiger partial charge in [-0.25, -0.2) is 4.79 Å². The SMILES string of the molecule is NCCC=Cc1cc(OC(F)(F)F)cc(C(=O)O)c1. The molecule has 0 aliphatic carbocycles. The number of hydrogen-bond donors (Lipinski definition) is 2. The minimum atomic E-state index is -4.87. The Bertz CT molecular complexity index is 484. The molecule has 104 valence electrons. The zero-order chi connectivity index (χ0) is 14.5.